The van der Waals surface area contributed by atoms with Crippen LogP contribution in [0.5, 0.6) is 0 Å². The van der Waals surface area contributed by atoms with Crippen LogP contribution < -0.4 is 10.6 Å². The lowest BCUT2D eigenvalue weighted by molar-refractivity contribution is -0.199. The maximum absolute atomic E-state index is 13.8. The number of alkyl halides is 3. The van der Waals surface area contributed by atoms with Gasteiger partial charge in [-0.05, 0) is 80.6 Å². The van der Waals surface area contributed by atoms with Crippen molar-refractivity contribution < 1.29 is 36.8 Å². The van der Waals surface area contributed by atoms with E-state index in [1.165, 1.54) is 0 Å². The molecule has 0 aromatic heterocycles. The topological polar surface area (TPSA) is 93.5 Å². The first-order chi connectivity index (χ1) is 22.8. The van der Waals surface area contributed by atoms with E-state index in [-0.39, 0.29) is 48.3 Å². The van der Waals surface area contributed by atoms with E-state index in [1.807, 2.05) is 30.3 Å². The van der Waals surface area contributed by atoms with Crippen molar-refractivity contribution in [2.24, 2.45) is 23.2 Å². The predicted molar refractivity (Wildman–Crippen MR) is 173 cm³/mol. The number of amides is 2. The lowest BCUT2D eigenvalue weighted by atomic mass is 9.43. The Bertz CT molecular complexity index is 1420. The molecule has 6 fully saturated rings. The Labute approximate surface area is 281 Å². The summed E-state index contributed by atoms with van der Waals surface area (Å²) < 4.78 is 59.1. The number of allylic oxidation sites excluding steroid dienone is 1. The highest BCUT2D eigenvalue weighted by Gasteiger charge is 2.68. The molecule has 2 heterocycles. The van der Waals surface area contributed by atoms with Gasteiger partial charge in [0.15, 0.2) is 0 Å². The molecule has 2 aliphatic heterocycles. The van der Waals surface area contributed by atoms with Crippen molar-refractivity contribution in [3.8, 4) is 0 Å². The van der Waals surface area contributed by atoms with Crippen molar-refractivity contribution in [1.29, 1.82) is 0 Å². The second-order valence-corrected chi connectivity index (χ2v) is 15.0. The van der Waals surface area contributed by atoms with Crippen LogP contribution in [-0.4, -0.2) is 86.0 Å². The number of nitrogens with one attached hydrogen (secondary N) is 2. The van der Waals surface area contributed by atoms with Crippen molar-refractivity contribution in [1.82, 2.24) is 15.5 Å². The van der Waals surface area contributed by atoms with Crippen LogP contribution in [0, 0.1) is 29.7 Å². The molecule has 0 spiro atoms. The van der Waals surface area contributed by atoms with Gasteiger partial charge in [-0.2, -0.15) is 13.2 Å². The molecule has 2 amide bonds. The van der Waals surface area contributed by atoms with E-state index in [2.05, 4.69) is 36.2 Å². The Hall–Kier alpha value is -2.92. The molecule has 1 aromatic rings. The first-order valence-corrected chi connectivity index (χ1v) is 17.2. The zero-order valence-corrected chi connectivity index (χ0v) is 27.9. The standard InChI is InChI=1S/C35H46BF3N4O5/c1-33(2)24-17-28(33)34(3)29(18-24)47-36(48-34)30(16-22-9-6-5-7-10-22)42-31(44)27(41-21-35(37,38)39)20-46-19-25-11-8-14-43(25)32(45)26(40-4)15-23-12-13-23/h5-7,9-10,15,23-25,27-30,41H,8,11-14,16-21H2,1-3H3,(H,42,44)/t24-,25-,27+,28+,29-,30+,34+/m1/s1. The fraction of sp³-hybridized carbons (Fsp3) is 0.686. The van der Waals surface area contributed by atoms with Gasteiger partial charge in [0, 0.05) is 6.54 Å². The molecular formula is C35H46BF3N4O5. The number of carbonyl (C=O) groups is 2. The van der Waals surface area contributed by atoms with E-state index < -0.39 is 43.3 Å². The van der Waals surface area contributed by atoms with Gasteiger partial charge in [0.2, 0.25) is 11.6 Å². The molecule has 260 valence electrons. The number of rotatable bonds is 13. The van der Waals surface area contributed by atoms with Gasteiger partial charge in [0.1, 0.15) is 6.04 Å². The number of carbonyl (C=O) groups excluding carboxylic acids is 2. The van der Waals surface area contributed by atoms with E-state index >= 15 is 0 Å². The monoisotopic (exact) mass is 670 g/mol. The number of benzene rings is 1. The maximum atomic E-state index is 13.8. The minimum Gasteiger partial charge on any atom is -0.404 e. The summed E-state index contributed by atoms with van der Waals surface area (Å²) in [6, 6.07) is 7.88. The summed E-state index contributed by atoms with van der Waals surface area (Å²) in [4.78, 5) is 31.9. The van der Waals surface area contributed by atoms with Crippen molar-refractivity contribution >= 4 is 18.9 Å². The predicted octanol–water partition coefficient (Wildman–Crippen LogP) is 4.72. The van der Waals surface area contributed by atoms with Gasteiger partial charge < -0.3 is 24.3 Å². The fourth-order valence-corrected chi connectivity index (χ4v) is 8.29. The largest absolute Gasteiger partial charge is 0.482 e. The third-order valence-corrected chi connectivity index (χ3v) is 11.4. The van der Waals surface area contributed by atoms with Crippen LogP contribution in [0.25, 0.3) is 4.85 Å². The summed E-state index contributed by atoms with van der Waals surface area (Å²) in [7, 11) is -0.776. The second-order valence-electron chi connectivity index (χ2n) is 15.0. The molecule has 4 aliphatic carbocycles. The summed E-state index contributed by atoms with van der Waals surface area (Å²) in [5, 5.41) is 5.31. The van der Waals surface area contributed by atoms with Gasteiger partial charge in [-0.15, -0.1) is 0 Å². The van der Waals surface area contributed by atoms with Crippen LogP contribution >= 0.6 is 0 Å². The van der Waals surface area contributed by atoms with E-state index in [0.717, 1.165) is 37.7 Å². The minimum absolute atomic E-state index is 0.0403. The highest BCUT2D eigenvalue weighted by molar-refractivity contribution is 6.48. The smallest absolute Gasteiger partial charge is 0.404 e. The van der Waals surface area contributed by atoms with Crippen LogP contribution in [0.15, 0.2) is 42.1 Å². The van der Waals surface area contributed by atoms with Gasteiger partial charge in [-0.3, -0.25) is 14.9 Å². The molecule has 2 saturated heterocycles. The molecule has 13 heteroatoms. The highest BCUT2D eigenvalue weighted by atomic mass is 19.4. The molecule has 7 atom stereocenters. The Balaban J connectivity index is 1.13. The zero-order chi connectivity index (χ0) is 34.3. The number of nitrogens with zero attached hydrogens (tertiary/aromatic N) is 2. The minimum atomic E-state index is -4.55. The Morgan fingerprint density at radius 3 is 2.60 bits per heavy atom. The highest BCUT2D eigenvalue weighted by Crippen LogP contribution is 2.65. The lowest BCUT2D eigenvalue weighted by Crippen LogP contribution is -2.65. The Morgan fingerprint density at radius 2 is 1.94 bits per heavy atom. The molecular weight excluding hydrogens is 624 g/mol. The van der Waals surface area contributed by atoms with Crippen molar-refractivity contribution in [3.05, 3.63) is 59.1 Å². The lowest BCUT2D eigenvalue weighted by Gasteiger charge is -2.64. The maximum Gasteiger partial charge on any atom is 0.482 e. The zero-order valence-electron chi connectivity index (χ0n) is 27.9. The van der Waals surface area contributed by atoms with E-state index in [1.54, 1.807) is 11.0 Å². The summed E-state index contributed by atoms with van der Waals surface area (Å²) in [5.74, 6) is -0.553. The molecule has 4 saturated carbocycles. The molecule has 1 aromatic carbocycles. The third kappa shape index (κ3) is 7.47. The number of likely N-dealkylation sites (tertiary alicyclic amines) is 1. The number of halogens is 3. The molecule has 7 rings (SSSR count). The van der Waals surface area contributed by atoms with Gasteiger partial charge in [0.05, 0.1) is 50.0 Å². The van der Waals surface area contributed by atoms with Crippen LogP contribution in [0.1, 0.15) is 64.9 Å². The van der Waals surface area contributed by atoms with E-state index in [4.69, 9.17) is 20.6 Å². The molecule has 2 N–H and O–H groups in total. The van der Waals surface area contributed by atoms with Gasteiger partial charge in [-0.1, -0.05) is 50.3 Å². The number of hydrogen-bond acceptors (Lipinski definition) is 6. The van der Waals surface area contributed by atoms with E-state index in [9.17, 15) is 22.8 Å². The third-order valence-electron chi connectivity index (χ3n) is 11.4. The molecule has 0 unspecified atom stereocenters. The normalized spacial score (nSPS) is 30.6. The van der Waals surface area contributed by atoms with Gasteiger partial charge >= 0.3 is 13.3 Å². The average molecular weight is 671 g/mol. The van der Waals surface area contributed by atoms with E-state index in [0.29, 0.717) is 31.2 Å². The summed E-state index contributed by atoms with van der Waals surface area (Å²) in [5.41, 5.74) is 0.626. The average Bonchev–Trinajstić information content (AvgIpc) is 3.61. The molecule has 48 heavy (non-hydrogen) atoms. The van der Waals surface area contributed by atoms with Crippen molar-refractivity contribution in [3.63, 3.8) is 0 Å². The van der Waals surface area contributed by atoms with Crippen LogP contribution in [0.4, 0.5) is 13.2 Å². The first kappa shape index (κ1) is 34.9. The molecule has 2 bridgehead atoms. The molecule has 0 radical (unpaired) electrons. The summed E-state index contributed by atoms with van der Waals surface area (Å²) in [6.45, 7) is 12.9. The fourth-order valence-electron chi connectivity index (χ4n) is 8.29. The SMILES string of the molecule is [C-]#[N+]C(=CC1CC1)C(=O)N1CCC[C@@H]1COC[C@H](NCC(F)(F)F)C(=O)N[C@@H](Cc1ccccc1)B1O[C@@H]2C[C@H]3C[C@@H](C3(C)C)[C@]2(C)O1. The number of hydrogen-bond donors (Lipinski definition) is 2. The first-order valence-electron chi connectivity index (χ1n) is 17.2. The number of ether oxygens (including phenoxy) is 1. The molecule has 6 aliphatic rings. The van der Waals surface area contributed by atoms with Crippen molar-refractivity contribution in [2.45, 2.75) is 102 Å². The van der Waals surface area contributed by atoms with Crippen LogP contribution in [0.2, 0.25) is 0 Å². The second kappa shape index (κ2) is 13.8. The van der Waals surface area contributed by atoms with Crippen LogP contribution in [-0.2, 0) is 30.1 Å². The van der Waals surface area contributed by atoms with Crippen molar-refractivity contribution in [2.75, 3.05) is 26.3 Å². The summed E-state index contributed by atoms with van der Waals surface area (Å²) >= 11 is 0. The molecule has 9 nitrogen and oxygen atoms in total. The Kier molecular flexibility index (Phi) is 10.0. The Morgan fingerprint density at radius 1 is 1.19 bits per heavy atom. The van der Waals surface area contributed by atoms with Crippen LogP contribution in [0.3, 0.4) is 0 Å². The summed E-state index contributed by atoms with van der Waals surface area (Å²) in [6.07, 6.45) is 2.65. The van der Waals surface area contributed by atoms with Gasteiger partial charge in [-0.25, -0.2) is 4.85 Å². The quantitative estimate of drug-likeness (QED) is 0.179. The van der Waals surface area contributed by atoms with Gasteiger partial charge in [0.25, 0.3) is 5.91 Å².